The SMILES string of the molecule is C1CCN(CCCN2CCN(CC3CO3)CC2)CC1. The molecule has 4 nitrogen and oxygen atoms in total. The molecular weight excluding hydrogens is 238 g/mol. The van der Waals surface area contributed by atoms with Crippen molar-refractivity contribution in [2.45, 2.75) is 31.8 Å². The van der Waals surface area contributed by atoms with Crippen LogP contribution < -0.4 is 0 Å². The van der Waals surface area contributed by atoms with Gasteiger partial charge in [-0.15, -0.1) is 0 Å². The summed E-state index contributed by atoms with van der Waals surface area (Å²) < 4.78 is 5.31. The molecule has 3 aliphatic rings. The fourth-order valence-electron chi connectivity index (χ4n) is 3.36. The third kappa shape index (κ3) is 4.71. The molecule has 0 saturated carbocycles. The quantitative estimate of drug-likeness (QED) is 0.666. The average Bonchev–Trinajstić information content (AvgIpc) is 3.26. The Morgan fingerprint density at radius 1 is 0.737 bits per heavy atom. The standard InChI is InChI=1S/C15H29N3O/c1-2-5-16(6-3-1)7-4-8-17-9-11-18(12-10-17)13-15-14-19-15/h15H,1-14H2. The van der Waals surface area contributed by atoms with Gasteiger partial charge in [0.2, 0.25) is 0 Å². The van der Waals surface area contributed by atoms with E-state index in [0.717, 1.165) is 6.61 Å². The van der Waals surface area contributed by atoms with E-state index in [1.54, 1.807) is 0 Å². The van der Waals surface area contributed by atoms with Crippen LogP contribution in [0.1, 0.15) is 25.7 Å². The monoisotopic (exact) mass is 267 g/mol. The van der Waals surface area contributed by atoms with Crippen LogP contribution in [0.25, 0.3) is 0 Å². The van der Waals surface area contributed by atoms with Crippen molar-refractivity contribution in [3.05, 3.63) is 0 Å². The van der Waals surface area contributed by atoms with Gasteiger partial charge in [-0.1, -0.05) is 6.42 Å². The molecule has 0 radical (unpaired) electrons. The third-order valence-electron chi connectivity index (χ3n) is 4.73. The molecule has 1 atom stereocenters. The van der Waals surface area contributed by atoms with Gasteiger partial charge in [0.1, 0.15) is 0 Å². The molecule has 0 amide bonds. The Hall–Kier alpha value is -0.160. The van der Waals surface area contributed by atoms with Crippen molar-refractivity contribution >= 4 is 0 Å². The molecule has 19 heavy (non-hydrogen) atoms. The summed E-state index contributed by atoms with van der Waals surface area (Å²) in [5.41, 5.74) is 0. The minimum Gasteiger partial charge on any atom is -0.372 e. The normalized spacial score (nSPS) is 30.6. The van der Waals surface area contributed by atoms with Gasteiger partial charge in [-0.05, 0) is 45.4 Å². The fraction of sp³-hybridized carbons (Fsp3) is 1.00. The number of piperazine rings is 1. The number of piperidine rings is 1. The number of rotatable bonds is 6. The second-order valence-corrected chi connectivity index (χ2v) is 6.35. The Balaban J connectivity index is 1.25. The molecule has 3 heterocycles. The summed E-state index contributed by atoms with van der Waals surface area (Å²) in [5.74, 6) is 0. The molecule has 3 aliphatic heterocycles. The summed E-state index contributed by atoms with van der Waals surface area (Å²) in [7, 11) is 0. The first-order chi connectivity index (χ1) is 9.40. The van der Waals surface area contributed by atoms with Gasteiger partial charge in [0.15, 0.2) is 0 Å². The highest BCUT2D eigenvalue weighted by atomic mass is 16.6. The maximum atomic E-state index is 5.31. The highest BCUT2D eigenvalue weighted by molar-refractivity contribution is 4.79. The van der Waals surface area contributed by atoms with Crippen LogP contribution in [-0.2, 0) is 4.74 Å². The summed E-state index contributed by atoms with van der Waals surface area (Å²) in [6.45, 7) is 12.5. The summed E-state index contributed by atoms with van der Waals surface area (Å²) in [6, 6.07) is 0. The van der Waals surface area contributed by atoms with Gasteiger partial charge in [-0.2, -0.15) is 0 Å². The lowest BCUT2D eigenvalue weighted by atomic mass is 10.1. The second kappa shape index (κ2) is 7.02. The topological polar surface area (TPSA) is 22.2 Å². The molecular formula is C15H29N3O. The zero-order valence-corrected chi connectivity index (χ0v) is 12.2. The summed E-state index contributed by atoms with van der Waals surface area (Å²) >= 11 is 0. The average molecular weight is 267 g/mol. The molecule has 0 aromatic heterocycles. The minimum atomic E-state index is 0.561. The lowest BCUT2D eigenvalue weighted by molar-refractivity contribution is 0.118. The fourth-order valence-corrected chi connectivity index (χ4v) is 3.36. The zero-order chi connectivity index (χ0) is 12.9. The van der Waals surface area contributed by atoms with Gasteiger partial charge in [0, 0.05) is 32.7 Å². The van der Waals surface area contributed by atoms with Crippen LogP contribution in [0.5, 0.6) is 0 Å². The van der Waals surface area contributed by atoms with E-state index in [-0.39, 0.29) is 0 Å². The molecule has 110 valence electrons. The van der Waals surface area contributed by atoms with E-state index in [2.05, 4.69) is 14.7 Å². The van der Waals surface area contributed by atoms with E-state index in [9.17, 15) is 0 Å². The van der Waals surface area contributed by atoms with Crippen molar-refractivity contribution in [1.29, 1.82) is 0 Å². The van der Waals surface area contributed by atoms with E-state index in [4.69, 9.17) is 4.74 Å². The number of hydrogen-bond donors (Lipinski definition) is 0. The lowest BCUT2D eigenvalue weighted by Gasteiger charge is -2.35. The lowest BCUT2D eigenvalue weighted by Crippen LogP contribution is -2.48. The number of likely N-dealkylation sites (tertiary alicyclic amines) is 1. The molecule has 3 saturated heterocycles. The van der Waals surface area contributed by atoms with Crippen molar-refractivity contribution < 1.29 is 4.74 Å². The highest BCUT2D eigenvalue weighted by Gasteiger charge is 2.27. The van der Waals surface area contributed by atoms with Gasteiger partial charge < -0.3 is 14.5 Å². The Bertz CT molecular complexity index is 256. The summed E-state index contributed by atoms with van der Waals surface area (Å²) in [4.78, 5) is 7.87. The zero-order valence-electron chi connectivity index (χ0n) is 12.2. The largest absolute Gasteiger partial charge is 0.372 e. The molecule has 0 N–H and O–H groups in total. The van der Waals surface area contributed by atoms with Crippen molar-refractivity contribution in [2.24, 2.45) is 0 Å². The van der Waals surface area contributed by atoms with Crippen LogP contribution in [0, 0.1) is 0 Å². The molecule has 0 aromatic carbocycles. The molecule has 0 spiro atoms. The van der Waals surface area contributed by atoms with Gasteiger partial charge >= 0.3 is 0 Å². The second-order valence-electron chi connectivity index (χ2n) is 6.35. The smallest absolute Gasteiger partial charge is 0.0936 e. The van der Waals surface area contributed by atoms with Crippen molar-refractivity contribution in [1.82, 2.24) is 14.7 Å². The van der Waals surface area contributed by atoms with Gasteiger partial charge in [-0.3, -0.25) is 4.90 Å². The van der Waals surface area contributed by atoms with Gasteiger partial charge in [0.05, 0.1) is 12.7 Å². The Morgan fingerprint density at radius 2 is 1.32 bits per heavy atom. The number of epoxide rings is 1. The van der Waals surface area contributed by atoms with Crippen LogP contribution in [0.15, 0.2) is 0 Å². The van der Waals surface area contributed by atoms with Crippen LogP contribution >= 0.6 is 0 Å². The summed E-state index contributed by atoms with van der Waals surface area (Å²) in [5, 5.41) is 0. The van der Waals surface area contributed by atoms with Crippen LogP contribution in [0.2, 0.25) is 0 Å². The van der Waals surface area contributed by atoms with Crippen LogP contribution in [-0.4, -0.2) is 86.3 Å². The first-order valence-electron chi connectivity index (χ1n) is 8.19. The molecule has 1 unspecified atom stereocenters. The van der Waals surface area contributed by atoms with Gasteiger partial charge in [-0.25, -0.2) is 0 Å². The molecule has 3 rings (SSSR count). The Labute approximate surface area is 117 Å². The molecule has 4 heteroatoms. The van der Waals surface area contributed by atoms with E-state index in [1.165, 1.54) is 84.6 Å². The first kappa shape index (κ1) is 13.8. The molecule has 3 fully saturated rings. The maximum absolute atomic E-state index is 5.31. The number of nitrogens with zero attached hydrogens (tertiary/aromatic N) is 3. The third-order valence-corrected chi connectivity index (χ3v) is 4.73. The van der Waals surface area contributed by atoms with E-state index in [0.29, 0.717) is 6.10 Å². The molecule has 0 bridgehead atoms. The van der Waals surface area contributed by atoms with Crippen molar-refractivity contribution in [3.63, 3.8) is 0 Å². The predicted molar refractivity (Wildman–Crippen MR) is 77.5 cm³/mol. The number of hydrogen-bond acceptors (Lipinski definition) is 4. The highest BCUT2D eigenvalue weighted by Crippen LogP contribution is 2.13. The van der Waals surface area contributed by atoms with E-state index >= 15 is 0 Å². The first-order valence-corrected chi connectivity index (χ1v) is 8.19. The predicted octanol–water partition coefficient (Wildman–Crippen LogP) is 0.879. The molecule has 0 aliphatic carbocycles. The summed E-state index contributed by atoms with van der Waals surface area (Å²) in [6.07, 6.45) is 6.20. The van der Waals surface area contributed by atoms with Crippen LogP contribution in [0.3, 0.4) is 0 Å². The Kier molecular flexibility index (Phi) is 5.10. The van der Waals surface area contributed by atoms with Gasteiger partial charge in [0.25, 0.3) is 0 Å². The van der Waals surface area contributed by atoms with Crippen molar-refractivity contribution in [3.8, 4) is 0 Å². The Morgan fingerprint density at radius 3 is 1.95 bits per heavy atom. The van der Waals surface area contributed by atoms with Crippen LogP contribution in [0.4, 0.5) is 0 Å². The molecule has 0 aromatic rings. The van der Waals surface area contributed by atoms with Crippen molar-refractivity contribution in [2.75, 3.05) is 65.5 Å². The minimum absolute atomic E-state index is 0.561. The maximum Gasteiger partial charge on any atom is 0.0936 e. The van der Waals surface area contributed by atoms with E-state index < -0.39 is 0 Å². The van der Waals surface area contributed by atoms with E-state index in [1.807, 2.05) is 0 Å². The number of ether oxygens (including phenoxy) is 1.